The predicted molar refractivity (Wildman–Crippen MR) is 132 cm³/mol. The van der Waals surface area contributed by atoms with E-state index < -0.39 is 0 Å². The van der Waals surface area contributed by atoms with Crippen LogP contribution in [-0.2, 0) is 13.6 Å². The molecule has 5 heterocycles. The van der Waals surface area contributed by atoms with Gasteiger partial charge in [0.2, 0.25) is 0 Å². The van der Waals surface area contributed by atoms with Crippen LogP contribution >= 0.6 is 0 Å². The molecule has 1 fully saturated rings. The molecular weight excluding hydrogens is 444 g/mol. The van der Waals surface area contributed by atoms with Gasteiger partial charge in [-0.25, -0.2) is 9.50 Å². The summed E-state index contributed by atoms with van der Waals surface area (Å²) in [6.45, 7) is 10.6. The van der Waals surface area contributed by atoms with Crippen LogP contribution in [-0.4, -0.2) is 63.9 Å². The lowest BCUT2D eigenvalue weighted by molar-refractivity contribution is 0.0914. The van der Waals surface area contributed by atoms with Crippen molar-refractivity contribution >= 4 is 17.2 Å². The van der Waals surface area contributed by atoms with Crippen molar-refractivity contribution in [3.05, 3.63) is 42.7 Å². The standard InChI is InChI=1S/C24H32N10O/c1-16-11-32(9-7-17(16)13-33-14-20(29-30-33)23(35)28-24(2,3)4)22-21-6-8-25-34(21)15-19(27-22)18-10-26-31(5)12-18/h6,8,10,12,14-17H,7,9,11,13H2,1-5H3,(H,28,35)/t16-,17-/m0/s1. The molecule has 184 valence electrons. The van der Waals surface area contributed by atoms with E-state index in [0.717, 1.165) is 48.6 Å². The van der Waals surface area contributed by atoms with Crippen molar-refractivity contribution in [3.63, 3.8) is 0 Å². The summed E-state index contributed by atoms with van der Waals surface area (Å²) in [6, 6.07) is 2.01. The molecule has 35 heavy (non-hydrogen) atoms. The van der Waals surface area contributed by atoms with Gasteiger partial charge >= 0.3 is 0 Å². The van der Waals surface area contributed by atoms with Crippen LogP contribution < -0.4 is 10.2 Å². The maximum Gasteiger partial charge on any atom is 0.273 e. The Labute approximate surface area is 204 Å². The van der Waals surface area contributed by atoms with E-state index >= 15 is 0 Å². The summed E-state index contributed by atoms with van der Waals surface area (Å²) < 4.78 is 5.46. The molecule has 1 saturated heterocycles. The number of fused-ring (bicyclic) bond motifs is 1. The van der Waals surface area contributed by atoms with E-state index in [1.807, 2.05) is 63.2 Å². The van der Waals surface area contributed by atoms with Gasteiger partial charge in [0.05, 0.1) is 30.5 Å². The molecule has 0 unspecified atom stereocenters. The van der Waals surface area contributed by atoms with Gasteiger partial charge in [-0.2, -0.15) is 10.2 Å². The molecule has 1 aliphatic heterocycles. The molecule has 0 saturated carbocycles. The van der Waals surface area contributed by atoms with E-state index in [4.69, 9.17) is 4.98 Å². The maximum absolute atomic E-state index is 12.4. The molecule has 0 spiro atoms. The third-order valence-electron chi connectivity index (χ3n) is 6.43. The minimum Gasteiger partial charge on any atom is -0.355 e. The molecule has 1 amide bonds. The highest BCUT2D eigenvalue weighted by molar-refractivity contribution is 5.92. The summed E-state index contributed by atoms with van der Waals surface area (Å²) in [4.78, 5) is 19.8. The molecule has 0 aliphatic carbocycles. The topological polar surface area (TPSA) is 111 Å². The van der Waals surface area contributed by atoms with Crippen molar-refractivity contribution in [2.24, 2.45) is 18.9 Å². The Morgan fingerprint density at radius 3 is 2.74 bits per heavy atom. The van der Waals surface area contributed by atoms with Crippen LogP contribution in [0.15, 0.2) is 37.1 Å². The first kappa shape index (κ1) is 23.0. The number of rotatable bonds is 5. The first-order valence-corrected chi connectivity index (χ1v) is 12.0. The van der Waals surface area contributed by atoms with Crippen LogP contribution in [0.2, 0.25) is 0 Å². The van der Waals surface area contributed by atoms with Crippen LogP contribution in [0.5, 0.6) is 0 Å². The van der Waals surface area contributed by atoms with Gasteiger partial charge < -0.3 is 10.2 Å². The second-order valence-corrected chi connectivity index (χ2v) is 10.5. The number of hydrogen-bond acceptors (Lipinski definition) is 7. The average Bonchev–Trinajstić information content (AvgIpc) is 3.54. The monoisotopic (exact) mass is 476 g/mol. The van der Waals surface area contributed by atoms with Crippen LogP contribution in [0.1, 0.15) is 44.6 Å². The van der Waals surface area contributed by atoms with Crippen molar-refractivity contribution in [3.8, 4) is 11.3 Å². The Morgan fingerprint density at radius 2 is 2.03 bits per heavy atom. The molecule has 5 rings (SSSR count). The molecule has 0 bridgehead atoms. The average molecular weight is 477 g/mol. The van der Waals surface area contributed by atoms with E-state index in [-0.39, 0.29) is 11.4 Å². The lowest BCUT2D eigenvalue weighted by Crippen LogP contribution is -2.41. The molecule has 0 radical (unpaired) electrons. The number of aryl methyl sites for hydroxylation is 1. The van der Waals surface area contributed by atoms with Gasteiger partial charge in [0.1, 0.15) is 5.52 Å². The van der Waals surface area contributed by atoms with Crippen LogP contribution in [0.25, 0.3) is 16.8 Å². The number of piperidine rings is 1. The van der Waals surface area contributed by atoms with E-state index in [1.165, 1.54) is 0 Å². The predicted octanol–water partition coefficient (Wildman–Crippen LogP) is 2.41. The Bertz CT molecular complexity index is 1340. The lowest BCUT2D eigenvalue weighted by Gasteiger charge is -2.37. The van der Waals surface area contributed by atoms with E-state index in [9.17, 15) is 4.79 Å². The third-order valence-corrected chi connectivity index (χ3v) is 6.43. The summed E-state index contributed by atoms with van der Waals surface area (Å²) in [6.07, 6.45) is 10.3. The third kappa shape index (κ3) is 4.89. The highest BCUT2D eigenvalue weighted by Gasteiger charge is 2.29. The Kier molecular flexibility index (Phi) is 5.78. The van der Waals surface area contributed by atoms with Gasteiger partial charge in [-0.1, -0.05) is 12.1 Å². The molecule has 4 aromatic heterocycles. The highest BCUT2D eigenvalue weighted by atomic mass is 16.2. The molecule has 0 aromatic carbocycles. The highest BCUT2D eigenvalue weighted by Crippen LogP contribution is 2.31. The summed E-state index contributed by atoms with van der Waals surface area (Å²) in [5.41, 5.74) is 2.85. The van der Waals surface area contributed by atoms with Gasteiger partial charge in [-0.15, -0.1) is 5.10 Å². The van der Waals surface area contributed by atoms with Crippen molar-refractivity contribution in [2.75, 3.05) is 18.0 Å². The van der Waals surface area contributed by atoms with Crippen LogP contribution in [0.3, 0.4) is 0 Å². The number of nitrogens with one attached hydrogen (secondary N) is 1. The van der Waals surface area contributed by atoms with Crippen molar-refractivity contribution in [1.82, 2.24) is 44.7 Å². The zero-order chi connectivity index (χ0) is 24.7. The fourth-order valence-electron chi connectivity index (χ4n) is 4.63. The fraction of sp³-hybridized carbons (Fsp3) is 0.500. The smallest absolute Gasteiger partial charge is 0.273 e. The molecular formula is C24H32N10O. The number of hydrogen-bond donors (Lipinski definition) is 1. The minimum absolute atomic E-state index is 0.198. The molecule has 1 N–H and O–H groups in total. The number of aromatic nitrogens is 8. The van der Waals surface area contributed by atoms with Gasteiger partial charge in [0.15, 0.2) is 11.5 Å². The quantitative estimate of drug-likeness (QED) is 0.471. The van der Waals surface area contributed by atoms with Gasteiger partial charge in [-0.3, -0.25) is 14.2 Å². The van der Waals surface area contributed by atoms with Crippen LogP contribution in [0.4, 0.5) is 5.82 Å². The molecule has 11 nitrogen and oxygen atoms in total. The SMILES string of the molecule is C[C@H]1CN(c2nc(-c3cnn(C)c3)cn3nccc23)CC[C@H]1Cn1cc(C(=O)NC(C)(C)C)nn1. The second kappa shape index (κ2) is 8.79. The second-order valence-electron chi connectivity index (χ2n) is 10.5. The van der Waals surface area contributed by atoms with Gasteiger partial charge in [0, 0.05) is 44.0 Å². The summed E-state index contributed by atoms with van der Waals surface area (Å²) >= 11 is 0. The van der Waals surface area contributed by atoms with E-state index in [0.29, 0.717) is 17.5 Å². The number of nitrogens with zero attached hydrogens (tertiary/aromatic N) is 9. The molecule has 2 atom stereocenters. The summed E-state index contributed by atoms with van der Waals surface area (Å²) in [5, 5.41) is 20.0. The first-order valence-electron chi connectivity index (χ1n) is 12.0. The Morgan fingerprint density at radius 1 is 1.20 bits per heavy atom. The van der Waals surface area contributed by atoms with Gasteiger partial charge in [0.25, 0.3) is 5.91 Å². The lowest BCUT2D eigenvalue weighted by atomic mass is 9.87. The van der Waals surface area contributed by atoms with E-state index in [2.05, 4.69) is 37.6 Å². The molecule has 11 heteroatoms. The van der Waals surface area contributed by atoms with Crippen molar-refractivity contribution in [2.45, 2.75) is 46.2 Å². The van der Waals surface area contributed by atoms with Crippen molar-refractivity contribution in [1.29, 1.82) is 0 Å². The Balaban J connectivity index is 1.30. The fourth-order valence-corrected chi connectivity index (χ4v) is 4.63. The number of carbonyl (C=O) groups is 1. The Hall–Kier alpha value is -3.76. The zero-order valence-electron chi connectivity index (χ0n) is 20.9. The molecule has 4 aromatic rings. The minimum atomic E-state index is -0.314. The first-order chi connectivity index (χ1) is 16.7. The van der Waals surface area contributed by atoms with Crippen LogP contribution in [0, 0.1) is 11.8 Å². The summed E-state index contributed by atoms with van der Waals surface area (Å²) in [7, 11) is 1.90. The normalized spacial score (nSPS) is 18.8. The van der Waals surface area contributed by atoms with Gasteiger partial charge in [-0.05, 0) is 45.1 Å². The largest absolute Gasteiger partial charge is 0.355 e. The number of anilines is 1. The summed E-state index contributed by atoms with van der Waals surface area (Å²) in [5.74, 6) is 1.58. The molecule has 1 aliphatic rings. The number of carbonyl (C=O) groups excluding carboxylic acids is 1. The zero-order valence-corrected chi connectivity index (χ0v) is 20.9. The van der Waals surface area contributed by atoms with Crippen molar-refractivity contribution < 1.29 is 4.79 Å². The maximum atomic E-state index is 12.4. The number of amides is 1. The van der Waals surface area contributed by atoms with E-state index in [1.54, 1.807) is 15.6 Å².